The number of nitrogens with zero attached hydrogens (tertiary/aromatic N) is 3. The Hall–Kier alpha value is -3.42. The van der Waals surface area contributed by atoms with Crippen LogP contribution in [0.3, 0.4) is 0 Å². The second-order valence-corrected chi connectivity index (χ2v) is 7.12. The molecule has 150 valence electrons. The second-order valence-electron chi connectivity index (χ2n) is 7.12. The number of aromatic amines is 1. The third-order valence-corrected chi connectivity index (χ3v) is 4.98. The van der Waals surface area contributed by atoms with Crippen LogP contribution in [0, 0.1) is 5.82 Å². The van der Waals surface area contributed by atoms with Gasteiger partial charge in [0.05, 0.1) is 5.69 Å². The minimum atomic E-state index is -0.308. The molecule has 1 aromatic carbocycles. The van der Waals surface area contributed by atoms with Gasteiger partial charge in [0.25, 0.3) is 0 Å². The number of hydrogen-bond acceptors (Lipinski definition) is 4. The average Bonchev–Trinajstić information content (AvgIpc) is 3.24. The van der Waals surface area contributed by atoms with Crippen LogP contribution in [0.4, 0.5) is 15.0 Å². The van der Waals surface area contributed by atoms with E-state index in [0.29, 0.717) is 6.54 Å². The van der Waals surface area contributed by atoms with E-state index in [2.05, 4.69) is 30.7 Å². The molecular formula is C21H23FN6O. The van der Waals surface area contributed by atoms with Gasteiger partial charge in [-0.3, -0.25) is 10.1 Å². The molecule has 2 aromatic heterocycles. The minimum absolute atomic E-state index is 0.0253. The lowest BCUT2D eigenvalue weighted by Crippen LogP contribution is -2.50. The van der Waals surface area contributed by atoms with Gasteiger partial charge in [-0.05, 0) is 42.7 Å². The van der Waals surface area contributed by atoms with Gasteiger partial charge >= 0.3 is 6.03 Å². The predicted octanol–water partition coefficient (Wildman–Crippen LogP) is 3.08. The third kappa shape index (κ3) is 4.90. The van der Waals surface area contributed by atoms with E-state index in [1.54, 1.807) is 24.5 Å². The fourth-order valence-electron chi connectivity index (χ4n) is 3.52. The lowest BCUT2D eigenvalue weighted by molar-refractivity contribution is 0.234. The lowest BCUT2D eigenvalue weighted by Gasteiger charge is -2.33. The molecule has 0 aliphatic carbocycles. The zero-order valence-electron chi connectivity index (χ0n) is 15.9. The largest absolute Gasteiger partial charge is 0.353 e. The van der Waals surface area contributed by atoms with E-state index in [9.17, 15) is 9.18 Å². The molecule has 3 N–H and O–H groups in total. The summed E-state index contributed by atoms with van der Waals surface area (Å²) in [7, 11) is 0. The van der Waals surface area contributed by atoms with Crippen LogP contribution in [0.5, 0.6) is 0 Å². The molecule has 1 saturated heterocycles. The molecule has 1 atom stereocenters. The zero-order chi connectivity index (χ0) is 20.1. The Morgan fingerprint density at radius 2 is 2.10 bits per heavy atom. The Morgan fingerprint density at radius 1 is 1.24 bits per heavy atom. The van der Waals surface area contributed by atoms with E-state index in [4.69, 9.17) is 0 Å². The zero-order valence-corrected chi connectivity index (χ0v) is 15.9. The number of amides is 2. The number of benzene rings is 1. The van der Waals surface area contributed by atoms with Gasteiger partial charge in [-0.2, -0.15) is 5.10 Å². The number of H-pyrrole nitrogens is 1. The van der Waals surface area contributed by atoms with Crippen molar-refractivity contribution in [1.82, 2.24) is 25.8 Å². The Morgan fingerprint density at radius 3 is 2.93 bits per heavy atom. The maximum atomic E-state index is 13.2. The number of carbonyl (C=O) groups excluding carboxylic acids is 1. The van der Waals surface area contributed by atoms with Gasteiger partial charge in [0, 0.05) is 49.7 Å². The van der Waals surface area contributed by atoms with Crippen molar-refractivity contribution in [3.05, 3.63) is 66.2 Å². The summed E-state index contributed by atoms with van der Waals surface area (Å²) in [4.78, 5) is 18.4. The van der Waals surface area contributed by atoms with Crippen LogP contribution in [0.2, 0.25) is 0 Å². The van der Waals surface area contributed by atoms with Gasteiger partial charge in [0.1, 0.15) is 5.82 Å². The van der Waals surface area contributed by atoms with Gasteiger partial charge in [0.2, 0.25) is 0 Å². The number of anilines is 1. The van der Waals surface area contributed by atoms with E-state index in [-0.39, 0.29) is 24.4 Å². The Bertz CT molecular complexity index is 961. The summed E-state index contributed by atoms with van der Waals surface area (Å²) < 4.78 is 13.2. The van der Waals surface area contributed by atoms with Gasteiger partial charge in [-0.25, -0.2) is 9.18 Å². The summed E-state index contributed by atoms with van der Waals surface area (Å²) in [6.45, 7) is 1.87. The van der Waals surface area contributed by atoms with Crippen LogP contribution in [-0.4, -0.2) is 40.3 Å². The fraction of sp³-hybridized carbons (Fsp3) is 0.286. The monoisotopic (exact) mass is 394 g/mol. The maximum absolute atomic E-state index is 13.2. The Balaban J connectivity index is 1.31. The summed E-state index contributed by atoms with van der Waals surface area (Å²) >= 11 is 0. The summed E-state index contributed by atoms with van der Waals surface area (Å²) in [5, 5.41) is 13.3. The Kier molecular flexibility index (Phi) is 5.69. The average molecular weight is 394 g/mol. The topological polar surface area (TPSA) is 85.9 Å². The molecule has 0 radical (unpaired) electrons. The number of rotatable bonds is 5. The smallest absolute Gasteiger partial charge is 0.315 e. The first-order valence-electron chi connectivity index (χ1n) is 9.67. The van der Waals surface area contributed by atoms with Crippen molar-refractivity contribution in [1.29, 1.82) is 0 Å². The quantitative estimate of drug-likeness (QED) is 0.621. The van der Waals surface area contributed by atoms with Crippen molar-refractivity contribution in [2.75, 3.05) is 18.0 Å². The fourth-order valence-corrected chi connectivity index (χ4v) is 3.52. The van der Waals surface area contributed by atoms with E-state index in [1.807, 2.05) is 18.2 Å². The highest BCUT2D eigenvalue weighted by Crippen LogP contribution is 2.23. The molecule has 0 bridgehead atoms. The number of carbonyl (C=O) groups is 1. The molecule has 1 fully saturated rings. The number of halogens is 1. The van der Waals surface area contributed by atoms with Crippen molar-refractivity contribution in [2.45, 2.75) is 25.4 Å². The van der Waals surface area contributed by atoms with Crippen molar-refractivity contribution in [3.63, 3.8) is 0 Å². The van der Waals surface area contributed by atoms with E-state index >= 15 is 0 Å². The van der Waals surface area contributed by atoms with Gasteiger partial charge < -0.3 is 15.5 Å². The first kappa shape index (κ1) is 18.9. The van der Waals surface area contributed by atoms with E-state index in [0.717, 1.165) is 42.0 Å². The Labute approximate surface area is 168 Å². The number of aromatic nitrogens is 3. The van der Waals surface area contributed by atoms with Crippen molar-refractivity contribution in [2.24, 2.45) is 0 Å². The molecule has 3 aromatic rings. The highest BCUT2D eigenvalue weighted by molar-refractivity contribution is 5.74. The SMILES string of the molecule is O=C(NCc1cccc(F)c1)N[C@@H]1CCCN(c2cc(-c3ccncc3)[nH]n2)C1. The third-order valence-electron chi connectivity index (χ3n) is 4.98. The molecule has 29 heavy (non-hydrogen) atoms. The molecule has 4 rings (SSSR count). The van der Waals surface area contributed by atoms with Crippen molar-refractivity contribution in [3.8, 4) is 11.3 Å². The predicted molar refractivity (Wildman–Crippen MR) is 109 cm³/mol. The maximum Gasteiger partial charge on any atom is 0.315 e. The molecule has 3 heterocycles. The first-order chi connectivity index (χ1) is 14.2. The van der Waals surface area contributed by atoms with Crippen molar-refractivity contribution < 1.29 is 9.18 Å². The highest BCUT2D eigenvalue weighted by atomic mass is 19.1. The molecule has 0 spiro atoms. The number of pyridine rings is 1. The van der Waals surface area contributed by atoms with Gasteiger partial charge in [-0.15, -0.1) is 0 Å². The summed E-state index contributed by atoms with van der Waals surface area (Å²) in [5.41, 5.74) is 2.69. The normalized spacial score (nSPS) is 16.4. The second kappa shape index (κ2) is 8.72. The number of nitrogens with one attached hydrogen (secondary N) is 3. The summed E-state index contributed by atoms with van der Waals surface area (Å²) in [6, 6.07) is 11.9. The first-order valence-corrected chi connectivity index (χ1v) is 9.67. The van der Waals surface area contributed by atoms with Crippen LogP contribution < -0.4 is 15.5 Å². The molecule has 1 aliphatic heterocycles. The van der Waals surface area contributed by atoms with Crippen LogP contribution in [-0.2, 0) is 6.54 Å². The van der Waals surface area contributed by atoms with E-state index in [1.165, 1.54) is 12.1 Å². The van der Waals surface area contributed by atoms with E-state index < -0.39 is 0 Å². The molecular weight excluding hydrogens is 371 g/mol. The molecule has 0 saturated carbocycles. The molecule has 8 heteroatoms. The number of hydrogen-bond donors (Lipinski definition) is 3. The van der Waals surface area contributed by atoms with Crippen LogP contribution in [0.1, 0.15) is 18.4 Å². The molecule has 1 aliphatic rings. The number of piperidine rings is 1. The molecule has 7 nitrogen and oxygen atoms in total. The standard InChI is InChI=1S/C21H23FN6O/c22-17-4-1-3-15(11-17)13-24-21(29)25-18-5-2-10-28(14-18)20-12-19(26-27-20)16-6-8-23-9-7-16/h1,3-4,6-9,11-12,18H,2,5,10,13-14H2,(H,26,27)(H2,24,25,29)/t18-/m1/s1. The van der Waals surface area contributed by atoms with Crippen molar-refractivity contribution >= 4 is 11.8 Å². The van der Waals surface area contributed by atoms with Gasteiger partial charge in [-0.1, -0.05) is 12.1 Å². The highest BCUT2D eigenvalue weighted by Gasteiger charge is 2.23. The summed E-state index contributed by atoms with van der Waals surface area (Å²) in [5.74, 6) is 0.557. The van der Waals surface area contributed by atoms with Crippen LogP contribution in [0.25, 0.3) is 11.3 Å². The van der Waals surface area contributed by atoms with Crippen LogP contribution in [0.15, 0.2) is 54.9 Å². The molecule has 0 unspecified atom stereocenters. The number of urea groups is 1. The summed E-state index contributed by atoms with van der Waals surface area (Å²) in [6.07, 6.45) is 5.37. The minimum Gasteiger partial charge on any atom is -0.353 e. The molecule has 2 amide bonds. The lowest BCUT2D eigenvalue weighted by atomic mass is 10.1. The van der Waals surface area contributed by atoms with Gasteiger partial charge in [0.15, 0.2) is 5.82 Å². The van der Waals surface area contributed by atoms with Crippen LogP contribution >= 0.6 is 0 Å².